The summed E-state index contributed by atoms with van der Waals surface area (Å²) in [6.45, 7) is 2.06. The second-order valence-corrected chi connectivity index (χ2v) is 5.62. The number of carbonyl (C=O) groups is 1. The van der Waals surface area contributed by atoms with E-state index >= 15 is 0 Å². The van der Waals surface area contributed by atoms with E-state index in [1.165, 1.54) is 6.07 Å². The Bertz CT molecular complexity index is 1140. The highest BCUT2D eigenvalue weighted by molar-refractivity contribution is 6.17. The zero-order valence-electron chi connectivity index (χ0n) is 13.5. The lowest BCUT2D eigenvalue weighted by atomic mass is 9.99. The van der Waals surface area contributed by atoms with Crippen molar-refractivity contribution >= 4 is 27.8 Å². The number of aromatic amines is 1. The number of esters is 1. The van der Waals surface area contributed by atoms with Crippen molar-refractivity contribution in [2.24, 2.45) is 0 Å². The number of hydrogen-bond donors (Lipinski definition) is 1. The molecule has 0 atom stereocenters. The third-order valence-corrected chi connectivity index (χ3v) is 4.10. The third-order valence-electron chi connectivity index (χ3n) is 4.10. The van der Waals surface area contributed by atoms with Gasteiger partial charge >= 0.3 is 11.6 Å². The molecule has 0 bridgehead atoms. The summed E-state index contributed by atoms with van der Waals surface area (Å²) < 4.78 is 10.5. The Labute approximate surface area is 142 Å². The molecule has 4 aromatic rings. The second-order valence-electron chi connectivity index (χ2n) is 5.62. The fraction of sp³-hybridized carbons (Fsp3) is 0.100. The van der Waals surface area contributed by atoms with Crippen LogP contribution in [0.4, 0.5) is 0 Å². The number of nitrogens with one attached hydrogen (secondary N) is 1. The quantitative estimate of drug-likeness (QED) is 0.452. The minimum Gasteiger partial charge on any atom is -0.461 e. The Kier molecular flexibility index (Phi) is 3.61. The van der Waals surface area contributed by atoms with Gasteiger partial charge in [-0.1, -0.05) is 30.3 Å². The van der Waals surface area contributed by atoms with Crippen LogP contribution in [-0.4, -0.2) is 17.6 Å². The van der Waals surface area contributed by atoms with Gasteiger partial charge < -0.3 is 14.1 Å². The minimum absolute atomic E-state index is 0.290. The SMILES string of the molecule is CCOC(=O)c1[nH]c2ccc3oc(=O)ccc3c2c1-c1ccccc1. The van der Waals surface area contributed by atoms with Gasteiger partial charge in [-0.3, -0.25) is 0 Å². The van der Waals surface area contributed by atoms with Crippen LogP contribution < -0.4 is 5.63 Å². The molecule has 0 saturated heterocycles. The third kappa shape index (κ3) is 2.50. The molecule has 1 N–H and O–H groups in total. The largest absolute Gasteiger partial charge is 0.461 e. The van der Waals surface area contributed by atoms with Crippen molar-refractivity contribution in [3.63, 3.8) is 0 Å². The molecule has 0 aliphatic heterocycles. The van der Waals surface area contributed by atoms with Crippen molar-refractivity contribution in [2.45, 2.75) is 6.92 Å². The summed E-state index contributed by atoms with van der Waals surface area (Å²) in [4.78, 5) is 27.2. The Balaban J connectivity index is 2.14. The summed E-state index contributed by atoms with van der Waals surface area (Å²) in [7, 11) is 0. The zero-order chi connectivity index (χ0) is 17.4. The predicted octanol–water partition coefficient (Wildman–Crippen LogP) is 4.12. The van der Waals surface area contributed by atoms with Crippen LogP contribution in [0.15, 0.2) is 63.8 Å². The summed E-state index contributed by atoms with van der Waals surface area (Å²) in [5.74, 6) is -0.414. The molecule has 0 aliphatic rings. The number of ether oxygens (including phenoxy) is 1. The van der Waals surface area contributed by atoms with Gasteiger partial charge in [-0.05, 0) is 30.7 Å². The summed E-state index contributed by atoms with van der Waals surface area (Å²) in [5, 5.41) is 1.60. The Morgan fingerprint density at radius 2 is 1.88 bits per heavy atom. The van der Waals surface area contributed by atoms with Crippen LogP contribution >= 0.6 is 0 Å². The highest BCUT2D eigenvalue weighted by Gasteiger charge is 2.22. The van der Waals surface area contributed by atoms with Gasteiger partial charge in [0.05, 0.1) is 6.61 Å². The van der Waals surface area contributed by atoms with Gasteiger partial charge in [0.25, 0.3) is 0 Å². The molecule has 0 spiro atoms. The predicted molar refractivity (Wildman–Crippen MR) is 95.7 cm³/mol. The van der Waals surface area contributed by atoms with Gasteiger partial charge in [-0.2, -0.15) is 0 Å². The fourth-order valence-corrected chi connectivity index (χ4v) is 3.09. The van der Waals surface area contributed by atoms with Crippen molar-refractivity contribution < 1.29 is 13.9 Å². The average molecular weight is 333 g/mol. The Hall–Kier alpha value is -3.34. The molecule has 2 heterocycles. The molecule has 0 unspecified atom stereocenters. The van der Waals surface area contributed by atoms with Crippen molar-refractivity contribution in [1.29, 1.82) is 0 Å². The number of carbonyl (C=O) groups excluding carboxylic acids is 1. The van der Waals surface area contributed by atoms with E-state index in [9.17, 15) is 9.59 Å². The lowest BCUT2D eigenvalue weighted by Gasteiger charge is -2.06. The number of aromatic nitrogens is 1. The zero-order valence-corrected chi connectivity index (χ0v) is 13.5. The van der Waals surface area contributed by atoms with Crippen molar-refractivity contribution in [1.82, 2.24) is 4.98 Å². The lowest BCUT2D eigenvalue weighted by Crippen LogP contribution is -2.06. The Morgan fingerprint density at radius 1 is 1.08 bits per heavy atom. The monoisotopic (exact) mass is 333 g/mol. The van der Waals surface area contributed by atoms with Crippen molar-refractivity contribution in [3.05, 3.63) is 70.7 Å². The molecule has 0 fully saturated rings. The molecule has 2 aromatic carbocycles. The second kappa shape index (κ2) is 5.94. The van der Waals surface area contributed by atoms with Crippen LogP contribution in [-0.2, 0) is 4.74 Å². The fourth-order valence-electron chi connectivity index (χ4n) is 3.09. The molecule has 4 rings (SSSR count). The van der Waals surface area contributed by atoms with Crippen LogP contribution in [0.5, 0.6) is 0 Å². The van der Waals surface area contributed by atoms with E-state index in [2.05, 4.69) is 4.98 Å². The van der Waals surface area contributed by atoms with Crippen LogP contribution in [0.25, 0.3) is 33.0 Å². The van der Waals surface area contributed by atoms with Gasteiger partial charge in [-0.25, -0.2) is 9.59 Å². The molecule has 2 aromatic heterocycles. The van der Waals surface area contributed by atoms with Gasteiger partial charge in [0.2, 0.25) is 0 Å². The molecule has 0 aliphatic carbocycles. The van der Waals surface area contributed by atoms with E-state index in [0.717, 1.165) is 27.4 Å². The number of rotatable bonds is 3. The number of fused-ring (bicyclic) bond motifs is 3. The van der Waals surface area contributed by atoms with E-state index in [-0.39, 0.29) is 6.61 Å². The molecule has 0 radical (unpaired) electrons. The Morgan fingerprint density at radius 3 is 2.64 bits per heavy atom. The molecule has 25 heavy (non-hydrogen) atoms. The first-order chi connectivity index (χ1) is 12.2. The normalized spacial score (nSPS) is 11.1. The molecule has 0 amide bonds. The van der Waals surface area contributed by atoms with E-state index in [1.807, 2.05) is 30.3 Å². The maximum Gasteiger partial charge on any atom is 0.355 e. The summed E-state index contributed by atoms with van der Waals surface area (Å²) >= 11 is 0. The molecule has 0 saturated carbocycles. The maximum atomic E-state index is 12.5. The van der Waals surface area contributed by atoms with Gasteiger partial charge in [0.1, 0.15) is 11.3 Å². The van der Waals surface area contributed by atoms with E-state index in [4.69, 9.17) is 9.15 Å². The summed E-state index contributed by atoms with van der Waals surface area (Å²) in [6.07, 6.45) is 0. The summed E-state index contributed by atoms with van der Waals surface area (Å²) in [6, 6.07) is 16.2. The number of H-pyrrole nitrogens is 1. The van der Waals surface area contributed by atoms with Crippen LogP contribution in [0.2, 0.25) is 0 Å². The highest BCUT2D eigenvalue weighted by Crippen LogP contribution is 2.37. The van der Waals surface area contributed by atoms with Crippen LogP contribution in [0.3, 0.4) is 0 Å². The standard InChI is InChI=1S/C20H15NO4/c1-2-24-20(23)19-17(12-6-4-3-5-7-12)18-13-8-11-16(22)25-15(13)10-9-14(18)21-19/h3-11,21H,2H2,1H3. The number of hydrogen-bond acceptors (Lipinski definition) is 4. The first-order valence-corrected chi connectivity index (χ1v) is 8.00. The lowest BCUT2D eigenvalue weighted by molar-refractivity contribution is 0.0521. The molecule has 5 heteroatoms. The topological polar surface area (TPSA) is 72.3 Å². The van der Waals surface area contributed by atoms with Crippen LogP contribution in [0, 0.1) is 0 Å². The minimum atomic E-state index is -0.414. The average Bonchev–Trinajstić information content (AvgIpc) is 3.02. The first kappa shape index (κ1) is 15.2. The maximum absolute atomic E-state index is 12.5. The molecule has 124 valence electrons. The van der Waals surface area contributed by atoms with Crippen LogP contribution in [0.1, 0.15) is 17.4 Å². The molecule has 5 nitrogen and oxygen atoms in total. The van der Waals surface area contributed by atoms with E-state index < -0.39 is 11.6 Å². The highest BCUT2D eigenvalue weighted by atomic mass is 16.5. The molecular weight excluding hydrogens is 318 g/mol. The van der Waals surface area contributed by atoms with E-state index in [1.54, 1.807) is 25.1 Å². The van der Waals surface area contributed by atoms with Crippen molar-refractivity contribution in [2.75, 3.05) is 6.61 Å². The van der Waals surface area contributed by atoms with Gasteiger partial charge in [-0.15, -0.1) is 0 Å². The number of benzene rings is 2. The smallest absolute Gasteiger partial charge is 0.355 e. The van der Waals surface area contributed by atoms with Crippen molar-refractivity contribution in [3.8, 4) is 11.1 Å². The van der Waals surface area contributed by atoms with Gasteiger partial charge in [0, 0.05) is 27.9 Å². The first-order valence-electron chi connectivity index (χ1n) is 8.00. The van der Waals surface area contributed by atoms with Gasteiger partial charge in [0.15, 0.2) is 0 Å². The molecular formula is C20H15NO4. The van der Waals surface area contributed by atoms with E-state index in [0.29, 0.717) is 11.3 Å². The summed E-state index contributed by atoms with van der Waals surface area (Å²) in [5.41, 5.74) is 2.87.